The zero-order valence-electron chi connectivity index (χ0n) is 16.8. The Morgan fingerprint density at radius 1 is 1.13 bits per heavy atom. The summed E-state index contributed by atoms with van der Waals surface area (Å²) in [5.41, 5.74) is 1.22. The van der Waals surface area contributed by atoms with Gasteiger partial charge in [-0.25, -0.2) is 4.98 Å². The Hall–Kier alpha value is -2.42. The van der Waals surface area contributed by atoms with E-state index in [1.807, 2.05) is 74.0 Å². The highest BCUT2D eigenvalue weighted by atomic mass is 32.2. The first-order valence-corrected chi connectivity index (χ1v) is 12.2. The summed E-state index contributed by atoms with van der Waals surface area (Å²) in [6.07, 6.45) is 0. The summed E-state index contributed by atoms with van der Waals surface area (Å²) in [4.78, 5) is 32.5. The minimum Gasteiger partial charge on any atom is -0.351 e. The average Bonchev–Trinajstić information content (AvgIpc) is 3.35. The van der Waals surface area contributed by atoms with Gasteiger partial charge in [0.1, 0.15) is 4.83 Å². The number of hydrogen-bond acceptors (Lipinski definition) is 6. The SMILES string of the molecule is CC(C)(C)NC(=O)CSc1nc2scc(-c3cccs3)c2c(=O)n1-c1ccccc1. The zero-order chi connectivity index (χ0) is 21.3. The fourth-order valence-electron chi connectivity index (χ4n) is 3.07. The largest absolute Gasteiger partial charge is 0.351 e. The van der Waals surface area contributed by atoms with Gasteiger partial charge in [-0.3, -0.25) is 14.2 Å². The summed E-state index contributed by atoms with van der Waals surface area (Å²) >= 11 is 4.33. The summed E-state index contributed by atoms with van der Waals surface area (Å²) in [6, 6.07) is 13.4. The number of para-hydroxylation sites is 1. The Morgan fingerprint density at radius 3 is 2.57 bits per heavy atom. The predicted molar refractivity (Wildman–Crippen MR) is 127 cm³/mol. The summed E-state index contributed by atoms with van der Waals surface area (Å²) in [6.45, 7) is 5.83. The monoisotopic (exact) mass is 455 g/mol. The normalized spacial score (nSPS) is 11.7. The fraction of sp³-hybridized carbons (Fsp3) is 0.227. The van der Waals surface area contributed by atoms with Crippen LogP contribution in [0.2, 0.25) is 0 Å². The molecule has 4 rings (SSSR count). The third-order valence-corrected chi connectivity index (χ3v) is 6.94. The molecule has 0 unspecified atom stereocenters. The molecule has 0 aliphatic heterocycles. The Kier molecular flexibility index (Phi) is 5.81. The van der Waals surface area contributed by atoms with Crippen LogP contribution in [-0.2, 0) is 4.79 Å². The molecule has 3 aromatic heterocycles. The molecule has 0 saturated heterocycles. The molecule has 154 valence electrons. The van der Waals surface area contributed by atoms with Gasteiger partial charge in [0.25, 0.3) is 5.56 Å². The minimum absolute atomic E-state index is 0.0908. The second kappa shape index (κ2) is 8.37. The molecule has 0 aliphatic rings. The minimum atomic E-state index is -0.308. The molecule has 30 heavy (non-hydrogen) atoms. The third-order valence-electron chi connectivity index (χ3n) is 4.22. The molecular formula is C22H21N3O2S3. The molecular weight excluding hydrogens is 434 g/mol. The Labute approximate surface area is 186 Å². The lowest BCUT2D eigenvalue weighted by Gasteiger charge is -2.20. The van der Waals surface area contributed by atoms with Gasteiger partial charge in [-0.2, -0.15) is 0 Å². The van der Waals surface area contributed by atoms with Gasteiger partial charge in [0.15, 0.2) is 5.16 Å². The molecule has 1 N–H and O–H groups in total. The van der Waals surface area contributed by atoms with E-state index >= 15 is 0 Å². The van der Waals surface area contributed by atoms with E-state index in [1.165, 1.54) is 23.1 Å². The van der Waals surface area contributed by atoms with Gasteiger partial charge >= 0.3 is 0 Å². The van der Waals surface area contributed by atoms with Crippen LogP contribution in [-0.4, -0.2) is 26.8 Å². The van der Waals surface area contributed by atoms with Crippen molar-refractivity contribution < 1.29 is 4.79 Å². The van der Waals surface area contributed by atoms with Gasteiger partial charge in [-0.1, -0.05) is 36.0 Å². The molecule has 5 nitrogen and oxygen atoms in total. The van der Waals surface area contributed by atoms with E-state index in [4.69, 9.17) is 4.98 Å². The van der Waals surface area contributed by atoms with Crippen LogP contribution in [0.1, 0.15) is 20.8 Å². The molecule has 0 radical (unpaired) electrons. The summed E-state index contributed by atoms with van der Waals surface area (Å²) in [5, 5.41) is 8.08. The molecule has 0 bridgehead atoms. The van der Waals surface area contributed by atoms with Gasteiger partial charge in [-0.15, -0.1) is 22.7 Å². The number of aromatic nitrogens is 2. The molecule has 0 spiro atoms. The number of thioether (sulfide) groups is 1. The molecule has 1 aromatic carbocycles. The quantitative estimate of drug-likeness (QED) is 0.333. The predicted octanol–water partition coefficient (Wildman–Crippen LogP) is 5.18. The van der Waals surface area contributed by atoms with Crippen molar-refractivity contribution in [3.63, 3.8) is 0 Å². The number of thiophene rings is 2. The van der Waals surface area contributed by atoms with Gasteiger partial charge in [0.2, 0.25) is 5.91 Å². The van der Waals surface area contributed by atoms with E-state index in [9.17, 15) is 9.59 Å². The van der Waals surface area contributed by atoms with E-state index in [-0.39, 0.29) is 22.8 Å². The Balaban J connectivity index is 1.82. The number of fused-ring (bicyclic) bond motifs is 1. The first-order valence-electron chi connectivity index (χ1n) is 9.41. The number of nitrogens with one attached hydrogen (secondary N) is 1. The molecule has 0 fully saturated rings. The van der Waals surface area contributed by atoms with E-state index < -0.39 is 0 Å². The van der Waals surface area contributed by atoms with Gasteiger partial charge in [0.05, 0.1) is 16.8 Å². The molecule has 0 atom stereocenters. The van der Waals surface area contributed by atoms with Crippen molar-refractivity contribution in [2.45, 2.75) is 31.5 Å². The highest BCUT2D eigenvalue weighted by Gasteiger charge is 2.20. The lowest BCUT2D eigenvalue weighted by atomic mass is 10.1. The highest BCUT2D eigenvalue weighted by Crippen LogP contribution is 2.35. The van der Waals surface area contributed by atoms with E-state index in [0.29, 0.717) is 15.4 Å². The van der Waals surface area contributed by atoms with Crippen LogP contribution in [0.25, 0.3) is 26.3 Å². The molecule has 1 amide bonds. The number of carbonyl (C=O) groups is 1. The first kappa shape index (κ1) is 20.8. The fourth-order valence-corrected chi connectivity index (χ4v) is 5.69. The lowest BCUT2D eigenvalue weighted by molar-refractivity contribution is -0.119. The van der Waals surface area contributed by atoms with Crippen LogP contribution in [0.15, 0.2) is 63.2 Å². The average molecular weight is 456 g/mol. The van der Waals surface area contributed by atoms with Crippen LogP contribution in [0.3, 0.4) is 0 Å². The summed E-state index contributed by atoms with van der Waals surface area (Å²) < 4.78 is 1.61. The third kappa shape index (κ3) is 4.35. The number of carbonyl (C=O) groups excluding carboxylic acids is 1. The standard InChI is InChI=1S/C22H21N3O2S3/c1-22(2,3)24-17(26)13-30-21-23-19-18(15(12-29-19)16-10-7-11-28-16)20(27)25(21)14-8-5-4-6-9-14/h4-12H,13H2,1-3H3,(H,24,26). The molecule has 3 heterocycles. The van der Waals surface area contributed by atoms with Gasteiger partial charge in [0, 0.05) is 21.4 Å². The van der Waals surface area contributed by atoms with Gasteiger partial charge < -0.3 is 5.32 Å². The van der Waals surface area contributed by atoms with Crippen LogP contribution < -0.4 is 10.9 Å². The smallest absolute Gasteiger partial charge is 0.268 e. The van der Waals surface area contributed by atoms with Crippen LogP contribution >= 0.6 is 34.4 Å². The second-order valence-corrected chi connectivity index (χ2v) is 10.5. The Bertz CT molecular complexity index is 1240. The topological polar surface area (TPSA) is 64.0 Å². The maximum Gasteiger partial charge on any atom is 0.268 e. The highest BCUT2D eigenvalue weighted by molar-refractivity contribution is 7.99. The Morgan fingerprint density at radius 2 is 1.90 bits per heavy atom. The van der Waals surface area contributed by atoms with Crippen molar-refractivity contribution in [3.8, 4) is 16.1 Å². The number of rotatable bonds is 5. The van der Waals surface area contributed by atoms with Crippen molar-refractivity contribution >= 4 is 50.6 Å². The number of nitrogens with zero attached hydrogens (tertiary/aromatic N) is 2. The number of amides is 1. The van der Waals surface area contributed by atoms with Crippen molar-refractivity contribution in [3.05, 3.63) is 63.6 Å². The molecule has 4 aromatic rings. The van der Waals surface area contributed by atoms with Crippen molar-refractivity contribution in [2.24, 2.45) is 0 Å². The lowest BCUT2D eigenvalue weighted by Crippen LogP contribution is -2.41. The van der Waals surface area contributed by atoms with Crippen LogP contribution in [0.5, 0.6) is 0 Å². The van der Waals surface area contributed by atoms with Crippen molar-refractivity contribution in [1.29, 1.82) is 0 Å². The summed E-state index contributed by atoms with van der Waals surface area (Å²) in [7, 11) is 0. The van der Waals surface area contributed by atoms with E-state index in [2.05, 4.69) is 5.32 Å². The first-order chi connectivity index (χ1) is 14.3. The zero-order valence-corrected chi connectivity index (χ0v) is 19.3. The summed E-state index contributed by atoms with van der Waals surface area (Å²) in [5.74, 6) is 0.0949. The maximum atomic E-state index is 13.6. The second-order valence-electron chi connectivity index (χ2n) is 7.76. The number of hydrogen-bond donors (Lipinski definition) is 1. The van der Waals surface area contributed by atoms with E-state index in [1.54, 1.807) is 15.9 Å². The van der Waals surface area contributed by atoms with Crippen LogP contribution in [0, 0.1) is 0 Å². The number of benzene rings is 1. The molecule has 0 saturated carbocycles. The van der Waals surface area contributed by atoms with Crippen molar-refractivity contribution in [1.82, 2.24) is 14.9 Å². The maximum absolute atomic E-state index is 13.6. The van der Waals surface area contributed by atoms with Crippen LogP contribution in [0.4, 0.5) is 0 Å². The molecule has 8 heteroatoms. The van der Waals surface area contributed by atoms with E-state index in [0.717, 1.165) is 16.1 Å². The van der Waals surface area contributed by atoms with Crippen molar-refractivity contribution in [2.75, 3.05) is 5.75 Å². The molecule has 0 aliphatic carbocycles. The van der Waals surface area contributed by atoms with Gasteiger partial charge in [-0.05, 0) is 44.4 Å².